The first-order valence-electron chi connectivity index (χ1n) is 8.62. The first kappa shape index (κ1) is 18.4. The number of amides is 1. The maximum Gasteiger partial charge on any atom is 0.252 e. The first-order chi connectivity index (χ1) is 11.3. The molecule has 0 radical (unpaired) electrons. The number of hydrogen-bond donors (Lipinski definition) is 1. The van der Waals surface area contributed by atoms with Crippen LogP contribution in [-0.4, -0.2) is 52.8 Å². The zero-order valence-corrected chi connectivity index (χ0v) is 15.6. The lowest BCUT2D eigenvalue weighted by atomic mass is 10.0. The molecule has 1 N–H and O–H groups in total. The molecule has 1 amide bonds. The third-order valence-electron chi connectivity index (χ3n) is 3.98. The molecule has 0 unspecified atom stereocenters. The molecule has 2 rings (SSSR count). The van der Waals surface area contributed by atoms with Crippen LogP contribution in [0.25, 0.3) is 11.0 Å². The summed E-state index contributed by atoms with van der Waals surface area (Å²) in [5.74, 6) is 0.205. The molecule has 2 aromatic heterocycles. The van der Waals surface area contributed by atoms with E-state index in [2.05, 4.69) is 43.0 Å². The molecule has 24 heavy (non-hydrogen) atoms. The van der Waals surface area contributed by atoms with E-state index in [-0.39, 0.29) is 17.9 Å². The molecule has 0 atom stereocenters. The molecule has 132 valence electrons. The van der Waals surface area contributed by atoms with Gasteiger partial charge in [0, 0.05) is 18.3 Å². The van der Waals surface area contributed by atoms with Crippen molar-refractivity contribution >= 4 is 16.9 Å². The topological polar surface area (TPSA) is 63.1 Å². The Hall–Kier alpha value is -1.95. The molecule has 6 heteroatoms. The second kappa shape index (κ2) is 7.75. The fraction of sp³-hybridized carbons (Fsp3) is 0.611. The van der Waals surface area contributed by atoms with Gasteiger partial charge in [0.1, 0.15) is 0 Å². The zero-order valence-electron chi connectivity index (χ0n) is 15.6. The predicted octanol–water partition coefficient (Wildman–Crippen LogP) is 2.82. The highest BCUT2D eigenvalue weighted by Gasteiger charge is 2.18. The summed E-state index contributed by atoms with van der Waals surface area (Å²) in [6.45, 7) is 9.92. The highest BCUT2D eigenvalue weighted by Crippen LogP contribution is 2.24. The minimum Gasteiger partial charge on any atom is -0.352 e. The summed E-state index contributed by atoms with van der Waals surface area (Å²) < 4.78 is 1.88. The van der Waals surface area contributed by atoms with Crippen molar-refractivity contribution in [3.63, 3.8) is 0 Å². The maximum absolute atomic E-state index is 12.7. The van der Waals surface area contributed by atoms with E-state index >= 15 is 0 Å². The molecule has 2 heterocycles. The average Bonchev–Trinajstić information content (AvgIpc) is 2.94. The van der Waals surface area contributed by atoms with Crippen molar-refractivity contribution in [2.24, 2.45) is 0 Å². The van der Waals surface area contributed by atoms with Crippen molar-refractivity contribution in [1.82, 2.24) is 25.0 Å². The molecular formula is C18H29N5O. The summed E-state index contributed by atoms with van der Waals surface area (Å²) in [6.07, 6.45) is 2.68. The molecule has 0 spiro atoms. The van der Waals surface area contributed by atoms with Gasteiger partial charge in [-0.3, -0.25) is 4.79 Å². The van der Waals surface area contributed by atoms with Gasteiger partial charge in [-0.25, -0.2) is 9.67 Å². The minimum absolute atomic E-state index is 0.0497. The van der Waals surface area contributed by atoms with Crippen LogP contribution in [0, 0.1) is 0 Å². The van der Waals surface area contributed by atoms with E-state index in [0.29, 0.717) is 12.1 Å². The van der Waals surface area contributed by atoms with Crippen molar-refractivity contribution < 1.29 is 4.79 Å². The van der Waals surface area contributed by atoms with Crippen molar-refractivity contribution in [3.8, 4) is 0 Å². The van der Waals surface area contributed by atoms with E-state index in [1.54, 1.807) is 6.20 Å². The Labute approximate surface area is 144 Å². The predicted molar refractivity (Wildman–Crippen MR) is 97.5 cm³/mol. The molecule has 2 aromatic rings. The smallest absolute Gasteiger partial charge is 0.252 e. The van der Waals surface area contributed by atoms with Gasteiger partial charge in [0.25, 0.3) is 5.91 Å². The van der Waals surface area contributed by atoms with Crippen LogP contribution in [0.15, 0.2) is 12.3 Å². The largest absolute Gasteiger partial charge is 0.352 e. The van der Waals surface area contributed by atoms with E-state index in [1.165, 1.54) is 0 Å². The van der Waals surface area contributed by atoms with Crippen molar-refractivity contribution in [2.45, 2.75) is 46.1 Å². The van der Waals surface area contributed by atoms with Crippen LogP contribution < -0.4 is 5.32 Å². The Kier molecular flexibility index (Phi) is 5.94. The summed E-state index contributed by atoms with van der Waals surface area (Å²) in [5, 5.41) is 8.26. The Morgan fingerprint density at radius 2 is 2.00 bits per heavy atom. The molecule has 0 bridgehead atoms. The van der Waals surface area contributed by atoms with Crippen LogP contribution in [0.2, 0.25) is 0 Å². The molecule has 0 aliphatic carbocycles. The van der Waals surface area contributed by atoms with Crippen molar-refractivity contribution in [2.75, 3.05) is 27.2 Å². The summed E-state index contributed by atoms with van der Waals surface area (Å²) in [5.41, 5.74) is 2.37. The van der Waals surface area contributed by atoms with Gasteiger partial charge in [0.15, 0.2) is 5.65 Å². The Morgan fingerprint density at radius 1 is 1.29 bits per heavy atom. The third kappa shape index (κ3) is 4.12. The van der Waals surface area contributed by atoms with E-state index in [1.807, 2.05) is 24.8 Å². The number of carbonyl (C=O) groups is 1. The summed E-state index contributed by atoms with van der Waals surface area (Å²) in [4.78, 5) is 19.5. The molecule has 0 aliphatic rings. The molecule has 0 fully saturated rings. The molecule has 6 nitrogen and oxygen atoms in total. The van der Waals surface area contributed by atoms with Crippen LogP contribution in [0.5, 0.6) is 0 Å². The average molecular weight is 331 g/mol. The van der Waals surface area contributed by atoms with Gasteiger partial charge >= 0.3 is 0 Å². The van der Waals surface area contributed by atoms with E-state index in [0.717, 1.165) is 29.7 Å². The van der Waals surface area contributed by atoms with Crippen LogP contribution in [-0.2, 0) is 0 Å². The standard InChI is InChI=1S/C18H29N5O/c1-12(2)16-10-14(18(24)19-8-7-9-22(5)6)15-11-20-23(13(3)4)17(15)21-16/h10-13H,7-9H2,1-6H3,(H,19,24). The number of hydrogen-bond acceptors (Lipinski definition) is 4. The Bertz CT molecular complexity index is 703. The summed E-state index contributed by atoms with van der Waals surface area (Å²) in [6, 6.07) is 2.11. The van der Waals surface area contributed by atoms with Gasteiger partial charge in [-0.2, -0.15) is 5.10 Å². The Morgan fingerprint density at radius 3 is 2.58 bits per heavy atom. The number of fused-ring (bicyclic) bond motifs is 1. The molecule has 0 aliphatic heterocycles. The second-order valence-electron chi connectivity index (χ2n) is 7.08. The van der Waals surface area contributed by atoms with Gasteiger partial charge in [-0.1, -0.05) is 13.8 Å². The number of carbonyl (C=O) groups excluding carboxylic acids is 1. The van der Waals surface area contributed by atoms with E-state index < -0.39 is 0 Å². The van der Waals surface area contributed by atoms with Crippen molar-refractivity contribution in [3.05, 3.63) is 23.5 Å². The van der Waals surface area contributed by atoms with Crippen LogP contribution in [0.3, 0.4) is 0 Å². The SMILES string of the molecule is CC(C)c1cc(C(=O)NCCCN(C)C)c2cnn(C(C)C)c2n1. The fourth-order valence-corrected chi connectivity index (χ4v) is 2.59. The molecule has 0 saturated heterocycles. The highest BCUT2D eigenvalue weighted by molar-refractivity contribution is 6.05. The monoisotopic (exact) mass is 331 g/mol. The lowest BCUT2D eigenvalue weighted by molar-refractivity contribution is 0.0954. The Balaban J connectivity index is 2.32. The summed E-state index contributed by atoms with van der Waals surface area (Å²) in [7, 11) is 4.06. The van der Waals surface area contributed by atoms with E-state index in [9.17, 15) is 4.79 Å². The fourth-order valence-electron chi connectivity index (χ4n) is 2.59. The summed E-state index contributed by atoms with van der Waals surface area (Å²) >= 11 is 0. The maximum atomic E-state index is 12.7. The van der Waals surface area contributed by atoms with Crippen LogP contribution in [0.1, 0.15) is 62.1 Å². The van der Waals surface area contributed by atoms with Crippen molar-refractivity contribution in [1.29, 1.82) is 0 Å². The van der Waals surface area contributed by atoms with Crippen LogP contribution >= 0.6 is 0 Å². The van der Waals surface area contributed by atoms with Gasteiger partial charge in [-0.15, -0.1) is 0 Å². The number of rotatable bonds is 7. The number of nitrogens with one attached hydrogen (secondary N) is 1. The third-order valence-corrected chi connectivity index (χ3v) is 3.98. The quantitative estimate of drug-likeness (QED) is 0.793. The molecule has 0 aromatic carbocycles. The van der Waals surface area contributed by atoms with Gasteiger partial charge in [0.2, 0.25) is 0 Å². The minimum atomic E-state index is -0.0497. The lowest BCUT2D eigenvalue weighted by Gasteiger charge is -2.13. The number of pyridine rings is 1. The van der Waals surface area contributed by atoms with Gasteiger partial charge in [0.05, 0.1) is 17.1 Å². The van der Waals surface area contributed by atoms with E-state index in [4.69, 9.17) is 4.98 Å². The second-order valence-corrected chi connectivity index (χ2v) is 7.08. The first-order valence-corrected chi connectivity index (χ1v) is 8.62. The normalized spacial score (nSPS) is 11.9. The van der Waals surface area contributed by atoms with Crippen LogP contribution in [0.4, 0.5) is 0 Å². The molecular weight excluding hydrogens is 302 g/mol. The highest BCUT2D eigenvalue weighted by atomic mass is 16.1. The van der Waals surface area contributed by atoms with Gasteiger partial charge < -0.3 is 10.2 Å². The zero-order chi connectivity index (χ0) is 17.9. The lowest BCUT2D eigenvalue weighted by Crippen LogP contribution is -2.27. The number of aromatic nitrogens is 3. The van der Waals surface area contributed by atoms with Gasteiger partial charge in [-0.05, 0) is 52.9 Å². The molecule has 0 saturated carbocycles. The number of nitrogens with zero attached hydrogens (tertiary/aromatic N) is 4.